The van der Waals surface area contributed by atoms with Crippen LogP contribution in [0.4, 0.5) is 9.52 Å². The number of amides is 1. The maximum atomic E-state index is 13.7. The van der Waals surface area contributed by atoms with Crippen LogP contribution in [0.2, 0.25) is 0 Å². The third-order valence-corrected chi connectivity index (χ3v) is 8.43. The van der Waals surface area contributed by atoms with Gasteiger partial charge in [-0.1, -0.05) is 41.7 Å². The normalized spacial score (nSPS) is 12.0. The van der Waals surface area contributed by atoms with Crippen LogP contribution in [-0.4, -0.2) is 36.9 Å². The van der Waals surface area contributed by atoms with Crippen molar-refractivity contribution in [2.75, 3.05) is 12.1 Å². The smallest absolute Gasteiger partial charge is 0.280 e. The molecule has 38 heavy (non-hydrogen) atoms. The van der Waals surface area contributed by atoms with E-state index < -0.39 is 21.7 Å². The van der Waals surface area contributed by atoms with Gasteiger partial charge in [0.15, 0.2) is 0 Å². The fourth-order valence-corrected chi connectivity index (χ4v) is 5.75. The maximum absolute atomic E-state index is 13.7. The summed E-state index contributed by atoms with van der Waals surface area (Å²) in [6.07, 6.45) is 2.84. The summed E-state index contributed by atoms with van der Waals surface area (Å²) >= 11 is 1.10. The third-order valence-electron chi connectivity index (χ3n) is 5.61. The molecule has 0 aliphatic carbocycles. The van der Waals surface area contributed by atoms with E-state index >= 15 is 0 Å². The number of hydrazone groups is 1. The van der Waals surface area contributed by atoms with Gasteiger partial charge in [0, 0.05) is 19.2 Å². The lowest BCUT2D eigenvalue weighted by molar-refractivity contribution is 0.0987. The molecule has 2 heterocycles. The minimum Gasteiger partial charge on any atom is -0.463 e. The van der Waals surface area contributed by atoms with Crippen LogP contribution < -0.4 is 5.01 Å². The molecule has 0 spiro atoms. The van der Waals surface area contributed by atoms with E-state index in [0.717, 1.165) is 21.9 Å². The molecule has 0 atom stereocenters. The van der Waals surface area contributed by atoms with Gasteiger partial charge in [-0.25, -0.2) is 17.8 Å². The highest BCUT2D eigenvalue weighted by molar-refractivity contribution is 7.89. The van der Waals surface area contributed by atoms with Gasteiger partial charge in [0.05, 0.1) is 27.6 Å². The molecular weight excluding hydrogens is 527 g/mol. The fourth-order valence-electron chi connectivity index (χ4n) is 3.64. The summed E-state index contributed by atoms with van der Waals surface area (Å²) in [5.41, 5.74) is 1.56. The monoisotopic (exact) mass is 548 g/mol. The first-order chi connectivity index (χ1) is 18.3. The zero-order valence-corrected chi connectivity index (χ0v) is 21.7. The van der Waals surface area contributed by atoms with Crippen LogP contribution in [0.15, 0.2) is 106 Å². The lowest BCUT2D eigenvalue weighted by Gasteiger charge is -2.18. The molecule has 0 aliphatic heterocycles. The van der Waals surface area contributed by atoms with Crippen molar-refractivity contribution in [2.24, 2.45) is 5.10 Å². The fraction of sp³-hybridized carbons (Fsp3) is 0.0741. The predicted octanol–water partition coefficient (Wildman–Crippen LogP) is 5.53. The number of carbonyl (C=O) groups excluding carboxylic acids is 1. The van der Waals surface area contributed by atoms with E-state index in [9.17, 15) is 17.6 Å². The summed E-state index contributed by atoms with van der Waals surface area (Å²) in [4.78, 5) is 18.0. The van der Waals surface area contributed by atoms with Gasteiger partial charge in [0.2, 0.25) is 15.2 Å². The van der Waals surface area contributed by atoms with Gasteiger partial charge in [-0.3, -0.25) is 4.79 Å². The first kappa shape index (κ1) is 25.5. The van der Waals surface area contributed by atoms with Crippen LogP contribution in [0.3, 0.4) is 0 Å². The van der Waals surface area contributed by atoms with E-state index in [0.29, 0.717) is 16.0 Å². The van der Waals surface area contributed by atoms with Gasteiger partial charge in [0.25, 0.3) is 5.91 Å². The van der Waals surface area contributed by atoms with Gasteiger partial charge in [-0.15, -0.1) is 0 Å². The van der Waals surface area contributed by atoms with E-state index in [1.54, 1.807) is 12.1 Å². The Kier molecular flexibility index (Phi) is 7.14. The molecule has 0 N–H and O–H groups in total. The molecule has 0 unspecified atom stereocenters. The highest BCUT2D eigenvalue weighted by Gasteiger charge is 2.24. The number of sulfonamides is 1. The number of furan rings is 1. The Labute approximate surface area is 222 Å². The van der Waals surface area contributed by atoms with Gasteiger partial charge in [-0.05, 0) is 60.2 Å². The van der Waals surface area contributed by atoms with E-state index in [-0.39, 0.29) is 22.1 Å². The van der Waals surface area contributed by atoms with Crippen molar-refractivity contribution < 1.29 is 22.0 Å². The van der Waals surface area contributed by atoms with Crippen molar-refractivity contribution >= 4 is 48.8 Å². The maximum Gasteiger partial charge on any atom is 0.280 e. The Balaban J connectivity index is 1.43. The molecule has 3 aromatic carbocycles. The Morgan fingerprint density at radius 1 is 1.05 bits per heavy atom. The average Bonchev–Trinajstić information content (AvgIpc) is 3.59. The number of aromatic nitrogens is 1. The van der Waals surface area contributed by atoms with E-state index in [1.165, 1.54) is 66.3 Å². The molecule has 0 saturated heterocycles. The van der Waals surface area contributed by atoms with Crippen LogP contribution in [0, 0.1) is 5.82 Å². The predicted molar refractivity (Wildman–Crippen MR) is 144 cm³/mol. The first-order valence-corrected chi connectivity index (χ1v) is 13.7. The summed E-state index contributed by atoms with van der Waals surface area (Å²) in [6.45, 7) is 0.206. The van der Waals surface area contributed by atoms with Crippen molar-refractivity contribution in [2.45, 2.75) is 11.4 Å². The molecule has 8 nitrogen and oxygen atoms in total. The molecule has 0 aliphatic rings. The lowest BCUT2D eigenvalue weighted by Crippen LogP contribution is -2.27. The highest BCUT2D eigenvalue weighted by atomic mass is 32.2. The van der Waals surface area contributed by atoms with Crippen LogP contribution in [0.5, 0.6) is 0 Å². The zero-order valence-electron chi connectivity index (χ0n) is 20.1. The number of nitrogens with zero attached hydrogens (tertiary/aromatic N) is 4. The number of hydrogen-bond donors (Lipinski definition) is 0. The zero-order chi connectivity index (χ0) is 26.7. The minimum absolute atomic E-state index is 0.0496. The van der Waals surface area contributed by atoms with Gasteiger partial charge < -0.3 is 4.42 Å². The van der Waals surface area contributed by atoms with Gasteiger partial charge in [-0.2, -0.15) is 14.4 Å². The summed E-state index contributed by atoms with van der Waals surface area (Å²) in [6, 6.07) is 22.4. The topological polar surface area (TPSA) is 96.1 Å². The van der Waals surface area contributed by atoms with Gasteiger partial charge >= 0.3 is 0 Å². The number of rotatable bonds is 8. The molecule has 5 aromatic rings. The summed E-state index contributed by atoms with van der Waals surface area (Å²) in [5, 5.41) is 5.57. The standard InChI is InChI=1S/C27H21FN4O4S2/c1-31(18-19-6-3-2-4-7-19)38(34,35)23-12-9-20(10-13-23)26(33)32(29-17-22-8-5-15-36-22)27-30-24-14-11-21(28)16-25(24)37-27/h2-17H,18H2,1H3/b29-17+. The number of thiazole rings is 1. The van der Waals surface area contributed by atoms with Crippen molar-refractivity contribution in [3.8, 4) is 0 Å². The quantitative estimate of drug-likeness (QED) is 0.188. The molecule has 5 rings (SSSR count). The molecule has 0 bridgehead atoms. The molecule has 192 valence electrons. The summed E-state index contributed by atoms with van der Waals surface area (Å²) in [5.74, 6) is -0.550. The summed E-state index contributed by atoms with van der Waals surface area (Å²) in [7, 11) is -2.29. The van der Waals surface area contributed by atoms with Crippen LogP contribution in [0.1, 0.15) is 21.7 Å². The number of halogens is 1. The molecule has 0 radical (unpaired) electrons. The number of hydrogen-bond acceptors (Lipinski definition) is 7. The Morgan fingerprint density at radius 2 is 1.82 bits per heavy atom. The number of fused-ring (bicyclic) bond motifs is 1. The molecule has 11 heteroatoms. The number of carbonyl (C=O) groups is 1. The third kappa shape index (κ3) is 5.40. The Hall–Kier alpha value is -4.19. The number of anilines is 1. The van der Waals surface area contributed by atoms with Crippen LogP contribution in [0.25, 0.3) is 10.2 Å². The average molecular weight is 549 g/mol. The van der Waals surface area contributed by atoms with Gasteiger partial charge in [0.1, 0.15) is 11.6 Å². The lowest BCUT2D eigenvalue weighted by atomic mass is 10.2. The highest BCUT2D eigenvalue weighted by Crippen LogP contribution is 2.31. The Bertz CT molecular complexity index is 1700. The first-order valence-electron chi connectivity index (χ1n) is 11.4. The van der Waals surface area contributed by atoms with E-state index in [2.05, 4.69) is 10.1 Å². The summed E-state index contributed by atoms with van der Waals surface area (Å²) < 4.78 is 47.0. The van der Waals surface area contributed by atoms with Crippen LogP contribution >= 0.6 is 11.3 Å². The molecule has 0 fully saturated rings. The van der Waals surface area contributed by atoms with Crippen molar-refractivity contribution in [1.29, 1.82) is 0 Å². The largest absolute Gasteiger partial charge is 0.463 e. The second-order valence-corrected chi connectivity index (χ2v) is 11.3. The Morgan fingerprint density at radius 3 is 2.53 bits per heavy atom. The van der Waals surface area contributed by atoms with E-state index in [1.807, 2.05) is 30.3 Å². The second-order valence-electron chi connectivity index (χ2n) is 8.26. The SMILES string of the molecule is CN(Cc1ccccc1)S(=O)(=O)c1ccc(C(=O)N(/N=C/c2ccco2)c2nc3ccc(F)cc3s2)cc1. The number of benzene rings is 3. The van der Waals surface area contributed by atoms with E-state index in [4.69, 9.17) is 4.42 Å². The molecule has 0 saturated carbocycles. The molecule has 1 amide bonds. The van der Waals surface area contributed by atoms with Crippen molar-refractivity contribution in [1.82, 2.24) is 9.29 Å². The molecular formula is C27H21FN4O4S2. The van der Waals surface area contributed by atoms with Crippen molar-refractivity contribution in [3.63, 3.8) is 0 Å². The van der Waals surface area contributed by atoms with Crippen molar-refractivity contribution in [3.05, 3.63) is 114 Å². The molecule has 2 aromatic heterocycles. The minimum atomic E-state index is -3.79. The van der Waals surface area contributed by atoms with Crippen LogP contribution in [-0.2, 0) is 16.6 Å². The second kappa shape index (κ2) is 10.7.